The van der Waals surface area contributed by atoms with E-state index < -0.39 is 22.5 Å². The van der Waals surface area contributed by atoms with Crippen molar-refractivity contribution in [2.24, 2.45) is 0 Å². The van der Waals surface area contributed by atoms with Crippen molar-refractivity contribution in [1.82, 2.24) is 5.32 Å². The fraction of sp³-hybridized carbons (Fsp3) is 0.500. The van der Waals surface area contributed by atoms with E-state index in [1.807, 2.05) is 6.92 Å². The first-order valence-electron chi connectivity index (χ1n) is 5.71. The molecule has 6 heteroatoms. The number of alkyl halides is 3. The molecule has 2 nitrogen and oxygen atoms in total. The highest BCUT2D eigenvalue weighted by Gasteiger charge is 2.30. The van der Waals surface area contributed by atoms with Gasteiger partial charge >= 0.3 is 6.18 Å². The summed E-state index contributed by atoms with van der Waals surface area (Å²) in [4.78, 5) is 0.225. The van der Waals surface area contributed by atoms with Gasteiger partial charge in [-0.3, -0.25) is 4.21 Å². The van der Waals surface area contributed by atoms with Gasteiger partial charge in [0, 0.05) is 17.2 Å². The summed E-state index contributed by atoms with van der Waals surface area (Å²) < 4.78 is 49.2. The van der Waals surface area contributed by atoms with Crippen molar-refractivity contribution in [3.63, 3.8) is 0 Å². The predicted molar refractivity (Wildman–Crippen MR) is 65.9 cm³/mol. The number of rotatable bonds is 6. The second-order valence-corrected chi connectivity index (χ2v) is 5.40. The summed E-state index contributed by atoms with van der Waals surface area (Å²) in [5, 5.41) is 3.07. The Hall–Kier alpha value is -0.880. The predicted octanol–water partition coefficient (Wildman–Crippen LogP) is 2.81. The van der Waals surface area contributed by atoms with Gasteiger partial charge in [-0.25, -0.2) is 0 Å². The monoisotopic (exact) mass is 279 g/mol. The van der Waals surface area contributed by atoms with E-state index in [1.165, 1.54) is 12.1 Å². The third-order valence-corrected chi connectivity index (χ3v) is 3.67. The summed E-state index contributed by atoms with van der Waals surface area (Å²) in [5.41, 5.74) is -0.755. The Balaban J connectivity index is 2.63. The van der Waals surface area contributed by atoms with E-state index >= 15 is 0 Å². The SMILES string of the molecule is CCCNCCS(=O)c1cccc(C(F)(F)F)c1. The fourth-order valence-electron chi connectivity index (χ4n) is 1.40. The molecular formula is C12H16F3NOS. The molecule has 0 fully saturated rings. The summed E-state index contributed by atoms with van der Waals surface area (Å²) in [7, 11) is -1.39. The second-order valence-electron chi connectivity index (χ2n) is 3.83. The van der Waals surface area contributed by atoms with Gasteiger partial charge in [0.05, 0.1) is 16.4 Å². The third kappa shape index (κ3) is 4.78. The lowest BCUT2D eigenvalue weighted by Crippen LogP contribution is -2.21. The molecule has 102 valence electrons. The van der Waals surface area contributed by atoms with Gasteiger partial charge < -0.3 is 5.32 Å². The largest absolute Gasteiger partial charge is 0.416 e. The van der Waals surface area contributed by atoms with Crippen LogP contribution in [-0.2, 0) is 17.0 Å². The van der Waals surface area contributed by atoms with E-state index in [0.29, 0.717) is 12.3 Å². The summed E-state index contributed by atoms with van der Waals surface area (Å²) in [6.45, 7) is 3.37. The lowest BCUT2D eigenvalue weighted by Gasteiger charge is -2.08. The van der Waals surface area contributed by atoms with Crippen LogP contribution >= 0.6 is 0 Å². The smallest absolute Gasteiger partial charge is 0.316 e. The van der Waals surface area contributed by atoms with Crippen molar-refractivity contribution in [2.75, 3.05) is 18.8 Å². The zero-order valence-corrected chi connectivity index (χ0v) is 10.9. The van der Waals surface area contributed by atoms with E-state index in [0.717, 1.165) is 25.1 Å². The van der Waals surface area contributed by atoms with E-state index in [4.69, 9.17) is 0 Å². The number of nitrogens with one attached hydrogen (secondary N) is 1. The Kier molecular flexibility index (Phi) is 5.81. The van der Waals surface area contributed by atoms with E-state index in [2.05, 4.69) is 5.32 Å². The molecule has 0 heterocycles. The van der Waals surface area contributed by atoms with Crippen molar-refractivity contribution in [3.05, 3.63) is 29.8 Å². The van der Waals surface area contributed by atoms with Crippen LogP contribution in [-0.4, -0.2) is 23.1 Å². The summed E-state index contributed by atoms with van der Waals surface area (Å²) in [6.07, 6.45) is -3.42. The molecular weight excluding hydrogens is 263 g/mol. The minimum atomic E-state index is -4.39. The molecule has 0 amide bonds. The van der Waals surface area contributed by atoms with Gasteiger partial charge in [-0.15, -0.1) is 0 Å². The summed E-state index contributed by atoms with van der Waals surface area (Å²) >= 11 is 0. The van der Waals surface area contributed by atoms with Crippen LogP contribution in [0.1, 0.15) is 18.9 Å². The molecule has 1 N–H and O–H groups in total. The molecule has 1 unspecified atom stereocenters. The maximum absolute atomic E-state index is 12.5. The van der Waals surface area contributed by atoms with Crippen LogP contribution in [0.25, 0.3) is 0 Å². The first kappa shape index (κ1) is 15.2. The van der Waals surface area contributed by atoms with Gasteiger partial charge in [-0.1, -0.05) is 13.0 Å². The third-order valence-electron chi connectivity index (χ3n) is 2.32. The molecule has 1 rings (SSSR count). The summed E-state index contributed by atoms with van der Waals surface area (Å²) in [6, 6.07) is 4.69. The molecule has 0 spiro atoms. The van der Waals surface area contributed by atoms with Crippen molar-refractivity contribution in [2.45, 2.75) is 24.4 Å². The summed E-state index contributed by atoms with van der Waals surface area (Å²) in [5.74, 6) is 0.321. The zero-order valence-electron chi connectivity index (χ0n) is 10.1. The van der Waals surface area contributed by atoms with Gasteiger partial charge in [0.1, 0.15) is 0 Å². The van der Waals surface area contributed by atoms with Crippen molar-refractivity contribution in [1.29, 1.82) is 0 Å². The van der Waals surface area contributed by atoms with Crippen LogP contribution in [0.5, 0.6) is 0 Å². The Morgan fingerprint density at radius 3 is 2.61 bits per heavy atom. The van der Waals surface area contributed by atoms with Crippen LogP contribution in [0, 0.1) is 0 Å². The molecule has 0 saturated heterocycles. The van der Waals surface area contributed by atoms with Crippen molar-refractivity contribution in [3.8, 4) is 0 Å². The van der Waals surface area contributed by atoms with Crippen LogP contribution in [0.4, 0.5) is 13.2 Å². The Morgan fingerprint density at radius 1 is 1.28 bits per heavy atom. The maximum Gasteiger partial charge on any atom is 0.416 e. The lowest BCUT2D eigenvalue weighted by atomic mass is 10.2. The quantitative estimate of drug-likeness (QED) is 0.811. The molecule has 0 radical (unpaired) electrons. The van der Waals surface area contributed by atoms with Gasteiger partial charge in [0.2, 0.25) is 0 Å². The molecule has 0 aromatic heterocycles. The lowest BCUT2D eigenvalue weighted by molar-refractivity contribution is -0.137. The van der Waals surface area contributed by atoms with Gasteiger partial charge in [0.15, 0.2) is 0 Å². The topological polar surface area (TPSA) is 29.1 Å². The van der Waals surface area contributed by atoms with Crippen LogP contribution < -0.4 is 5.32 Å². The van der Waals surface area contributed by atoms with Crippen LogP contribution in [0.15, 0.2) is 29.2 Å². The molecule has 1 aromatic rings. The molecule has 18 heavy (non-hydrogen) atoms. The average Bonchev–Trinajstić information content (AvgIpc) is 2.33. The molecule has 0 bridgehead atoms. The van der Waals surface area contributed by atoms with Crippen molar-refractivity contribution >= 4 is 10.8 Å². The average molecular weight is 279 g/mol. The molecule has 0 aliphatic rings. The Morgan fingerprint density at radius 2 is 2.00 bits per heavy atom. The Labute approximate surface area is 107 Å². The normalized spacial score (nSPS) is 13.6. The second kappa shape index (κ2) is 6.89. The highest BCUT2D eigenvalue weighted by molar-refractivity contribution is 7.85. The first-order chi connectivity index (χ1) is 8.45. The van der Waals surface area contributed by atoms with Gasteiger partial charge in [-0.2, -0.15) is 13.2 Å². The number of hydrogen-bond donors (Lipinski definition) is 1. The first-order valence-corrected chi connectivity index (χ1v) is 7.03. The molecule has 0 saturated carbocycles. The minimum Gasteiger partial charge on any atom is -0.316 e. The number of halogens is 3. The minimum absolute atomic E-state index is 0.225. The molecule has 0 aliphatic carbocycles. The van der Waals surface area contributed by atoms with Crippen molar-refractivity contribution < 1.29 is 17.4 Å². The Bertz CT molecular complexity index is 407. The molecule has 1 aromatic carbocycles. The highest BCUT2D eigenvalue weighted by atomic mass is 32.2. The van der Waals surface area contributed by atoms with Gasteiger partial charge in [0.25, 0.3) is 0 Å². The fourth-order valence-corrected chi connectivity index (χ4v) is 2.45. The van der Waals surface area contributed by atoms with Crippen LogP contribution in [0.3, 0.4) is 0 Å². The number of benzene rings is 1. The highest BCUT2D eigenvalue weighted by Crippen LogP contribution is 2.30. The zero-order chi connectivity index (χ0) is 13.6. The number of hydrogen-bond acceptors (Lipinski definition) is 2. The molecule has 1 atom stereocenters. The maximum atomic E-state index is 12.5. The standard InChI is InChI=1S/C12H16F3NOS/c1-2-6-16-7-8-18(17)11-5-3-4-10(9-11)12(13,14)15/h3-5,9,16H,2,6-8H2,1H3. The van der Waals surface area contributed by atoms with E-state index in [9.17, 15) is 17.4 Å². The molecule has 0 aliphatic heterocycles. The van der Waals surface area contributed by atoms with E-state index in [1.54, 1.807) is 0 Å². The van der Waals surface area contributed by atoms with Gasteiger partial charge in [-0.05, 0) is 31.2 Å². The van der Waals surface area contributed by atoms with E-state index in [-0.39, 0.29) is 4.90 Å². The van der Waals surface area contributed by atoms with Crippen LogP contribution in [0.2, 0.25) is 0 Å².